The summed E-state index contributed by atoms with van der Waals surface area (Å²) in [6, 6.07) is 0. The van der Waals surface area contributed by atoms with Gasteiger partial charge in [-0.2, -0.15) is 0 Å². The van der Waals surface area contributed by atoms with Crippen molar-refractivity contribution in [1.29, 1.82) is 0 Å². The summed E-state index contributed by atoms with van der Waals surface area (Å²) in [4.78, 5) is 24.2. The molecule has 0 saturated carbocycles. The van der Waals surface area contributed by atoms with Gasteiger partial charge in [0.15, 0.2) is 6.10 Å². The van der Waals surface area contributed by atoms with Crippen LogP contribution in [0.1, 0.15) is 162 Å². The molecule has 1 unspecified atom stereocenters. The van der Waals surface area contributed by atoms with Crippen molar-refractivity contribution in [1.82, 2.24) is 0 Å². The van der Waals surface area contributed by atoms with E-state index >= 15 is 0 Å². The molecule has 0 aliphatic heterocycles. The minimum Gasteiger partial charge on any atom is -0.462 e. The highest BCUT2D eigenvalue weighted by Gasteiger charge is 2.16. The maximum atomic E-state index is 12.1. The van der Waals surface area contributed by atoms with Gasteiger partial charge in [-0.1, -0.05) is 133 Å². The number of ether oxygens (including phenoxy) is 2. The lowest BCUT2D eigenvalue weighted by molar-refractivity contribution is -0.161. The van der Waals surface area contributed by atoms with Crippen LogP contribution in [0.15, 0.2) is 48.6 Å². The average Bonchev–Trinajstić information content (AvgIpc) is 3.04. The smallest absolute Gasteiger partial charge is 0.306 e. The Morgan fingerprint density at radius 3 is 1.61 bits per heavy atom. The Balaban J connectivity index is 3.69. The Morgan fingerprint density at radius 1 is 0.609 bits per heavy atom. The first-order valence-electron chi connectivity index (χ1n) is 18.6. The largest absolute Gasteiger partial charge is 0.462 e. The van der Waals surface area contributed by atoms with Crippen LogP contribution in [-0.4, -0.2) is 47.6 Å². The number of carbonyl (C=O) groups is 2. The molecule has 0 aromatic rings. The number of aliphatic hydroxyl groups excluding tert-OH is 2. The molecule has 6 heteroatoms. The molecule has 0 rings (SSSR count). The highest BCUT2D eigenvalue weighted by Crippen LogP contribution is 2.15. The molecule has 0 saturated heterocycles. The van der Waals surface area contributed by atoms with Crippen molar-refractivity contribution < 1.29 is 29.3 Å². The summed E-state index contributed by atoms with van der Waals surface area (Å²) in [5.74, 6) is 0.194. The lowest BCUT2D eigenvalue weighted by Gasteiger charge is -2.15. The molecule has 0 heterocycles. The molecule has 0 fully saturated rings. The van der Waals surface area contributed by atoms with E-state index in [0.717, 1.165) is 70.1 Å². The van der Waals surface area contributed by atoms with Gasteiger partial charge in [0.1, 0.15) is 6.61 Å². The van der Waals surface area contributed by atoms with E-state index < -0.39 is 6.10 Å². The molecular weight excluding hydrogens is 576 g/mol. The Morgan fingerprint density at radius 2 is 1.09 bits per heavy atom. The minimum absolute atomic E-state index is 0.103. The first-order valence-corrected chi connectivity index (χ1v) is 18.6. The molecule has 0 radical (unpaired) electrons. The predicted octanol–water partition coefficient (Wildman–Crippen LogP) is 10.3. The third kappa shape index (κ3) is 33.2. The van der Waals surface area contributed by atoms with Gasteiger partial charge in [0, 0.05) is 12.8 Å². The third-order valence-corrected chi connectivity index (χ3v) is 8.18. The van der Waals surface area contributed by atoms with Gasteiger partial charge in [-0.05, 0) is 70.6 Å². The molecule has 46 heavy (non-hydrogen) atoms. The van der Waals surface area contributed by atoms with Gasteiger partial charge in [0.2, 0.25) is 0 Å². The van der Waals surface area contributed by atoms with Crippen LogP contribution in [0, 0.1) is 5.92 Å². The second-order valence-corrected chi connectivity index (χ2v) is 12.8. The van der Waals surface area contributed by atoms with Gasteiger partial charge in [-0.15, -0.1) is 0 Å². The van der Waals surface area contributed by atoms with Crippen LogP contribution < -0.4 is 0 Å². The van der Waals surface area contributed by atoms with E-state index in [1.807, 2.05) is 6.92 Å². The molecule has 2 N–H and O–H groups in total. The number of allylic oxidation sites excluding steroid dienone is 8. The number of hydrogen-bond acceptors (Lipinski definition) is 6. The second kappa shape index (κ2) is 34.2. The first kappa shape index (κ1) is 43.8. The lowest BCUT2D eigenvalue weighted by Crippen LogP contribution is -2.28. The third-order valence-electron chi connectivity index (χ3n) is 8.18. The van der Waals surface area contributed by atoms with Crippen LogP contribution in [-0.2, 0) is 19.1 Å². The van der Waals surface area contributed by atoms with Crippen LogP contribution in [0.5, 0.6) is 0 Å². The van der Waals surface area contributed by atoms with Crippen LogP contribution in [0.2, 0.25) is 0 Å². The van der Waals surface area contributed by atoms with Gasteiger partial charge < -0.3 is 19.7 Å². The Bertz CT molecular complexity index is 813. The van der Waals surface area contributed by atoms with E-state index in [-0.39, 0.29) is 31.3 Å². The van der Waals surface area contributed by atoms with Gasteiger partial charge >= 0.3 is 11.9 Å². The first-order chi connectivity index (χ1) is 22.4. The summed E-state index contributed by atoms with van der Waals surface area (Å²) >= 11 is 0. The predicted molar refractivity (Wildman–Crippen MR) is 193 cm³/mol. The lowest BCUT2D eigenvalue weighted by atomic mass is 9.99. The highest BCUT2D eigenvalue weighted by molar-refractivity contribution is 5.70. The standard InChI is InChI=1S/C40H70O6/c1-4-36(2)30-26-22-18-14-12-13-17-21-25-29-33-40(44)46-38(34-41)35-45-39(43)32-28-24-20-16-11-9-7-5-6-8-10-15-19-23-27-31-37(3)42/h6-9,15-16,19-20,36-38,41-42H,4-5,10-14,17-18,21-35H2,1-3H3/b8-6-,9-7-,19-15-,20-16-/t36?,37-,38+/m1/s1. The van der Waals surface area contributed by atoms with Crippen molar-refractivity contribution >= 4 is 11.9 Å². The maximum absolute atomic E-state index is 12.1. The average molecular weight is 647 g/mol. The fourth-order valence-electron chi connectivity index (χ4n) is 4.95. The van der Waals surface area contributed by atoms with Gasteiger partial charge in [0.25, 0.3) is 0 Å². The molecule has 0 aliphatic carbocycles. The molecule has 6 nitrogen and oxygen atoms in total. The quantitative estimate of drug-likeness (QED) is 0.0429. The van der Waals surface area contributed by atoms with Crippen molar-refractivity contribution in [3.8, 4) is 0 Å². The van der Waals surface area contributed by atoms with Crippen LogP contribution in [0.25, 0.3) is 0 Å². The Hall–Kier alpha value is -2.18. The number of unbranched alkanes of at least 4 members (excludes halogenated alkanes) is 11. The molecular formula is C40H70O6. The summed E-state index contributed by atoms with van der Waals surface area (Å²) in [5.41, 5.74) is 0. The summed E-state index contributed by atoms with van der Waals surface area (Å²) in [6.07, 6.45) is 38.7. The van der Waals surface area contributed by atoms with Crippen molar-refractivity contribution in [2.24, 2.45) is 5.92 Å². The van der Waals surface area contributed by atoms with Crippen LogP contribution in [0.3, 0.4) is 0 Å². The number of carbonyl (C=O) groups excluding carboxylic acids is 2. The fourth-order valence-corrected chi connectivity index (χ4v) is 4.95. The highest BCUT2D eigenvalue weighted by atomic mass is 16.6. The molecule has 0 aromatic heterocycles. The number of hydrogen-bond donors (Lipinski definition) is 2. The molecule has 3 atom stereocenters. The molecule has 0 amide bonds. The van der Waals surface area contributed by atoms with E-state index in [4.69, 9.17) is 9.47 Å². The molecule has 0 aromatic carbocycles. The molecule has 0 bridgehead atoms. The zero-order chi connectivity index (χ0) is 33.9. The number of aliphatic hydroxyl groups is 2. The van der Waals surface area contributed by atoms with E-state index in [9.17, 15) is 19.8 Å². The van der Waals surface area contributed by atoms with E-state index in [1.54, 1.807) is 0 Å². The van der Waals surface area contributed by atoms with Gasteiger partial charge in [-0.25, -0.2) is 0 Å². The topological polar surface area (TPSA) is 93.1 Å². The van der Waals surface area contributed by atoms with Crippen molar-refractivity contribution in [3.63, 3.8) is 0 Å². The van der Waals surface area contributed by atoms with E-state index in [0.29, 0.717) is 19.3 Å². The second-order valence-electron chi connectivity index (χ2n) is 12.8. The Kier molecular flexibility index (Phi) is 32.5. The van der Waals surface area contributed by atoms with Crippen LogP contribution in [0.4, 0.5) is 0 Å². The number of esters is 2. The molecule has 0 spiro atoms. The van der Waals surface area contributed by atoms with E-state index in [1.165, 1.54) is 57.8 Å². The summed E-state index contributed by atoms with van der Waals surface area (Å²) in [7, 11) is 0. The fraction of sp³-hybridized carbons (Fsp3) is 0.750. The van der Waals surface area contributed by atoms with Crippen LogP contribution >= 0.6 is 0 Å². The minimum atomic E-state index is -0.800. The van der Waals surface area contributed by atoms with Gasteiger partial charge in [0.05, 0.1) is 12.7 Å². The van der Waals surface area contributed by atoms with Crippen molar-refractivity contribution in [2.45, 2.75) is 174 Å². The summed E-state index contributed by atoms with van der Waals surface area (Å²) in [6.45, 7) is 5.99. The SMILES string of the molecule is CCC(C)CCCCCCCCCCCCC(=O)O[C@@H](CO)COC(=O)CCC/C=C\C/C=C\C/C=C\C/C=C\CCC[C@@H](C)O. The maximum Gasteiger partial charge on any atom is 0.306 e. The zero-order valence-corrected chi connectivity index (χ0v) is 29.8. The Labute approximate surface area is 282 Å². The van der Waals surface area contributed by atoms with E-state index in [2.05, 4.69) is 62.5 Å². The number of rotatable bonds is 32. The molecule has 0 aliphatic rings. The van der Waals surface area contributed by atoms with Crippen molar-refractivity contribution in [3.05, 3.63) is 48.6 Å². The summed E-state index contributed by atoms with van der Waals surface area (Å²) in [5, 5.41) is 18.8. The van der Waals surface area contributed by atoms with Gasteiger partial charge in [-0.3, -0.25) is 9.59 Å². The molecule has 266 valence electrons. The van der Waals surface area contributed by atoms with Crippen molar-refractivity contribution in [2.75, 3.05) is 13.2 Å². The normalized spacial score (nSPS) is 14.1. The zero-order valence-electron chi connectivity index (χ0n) is 29.8. The summed E-state index contributed by atoms with van der Waals surface area (Å²) < 4.78 is 10.5. The monoisotopic (exact) mass is 647 g/mol.